The van der Waals surface area contributed by atoms with Crippen LogP contribution in [0.5, 0.6) is 0 Å². The number of rotatable bonds is 1. The number of benzene rings is 1. The lowest BCUT2D eigenvalue weighted by Gasteiger charge is -2.21. The number of hydrogen-bond acceptors (Lipinski definition) is 2. The monoisotopic (exact) mass is 211 g/mol. The molecule has 1 aromatic rings. The molecule has 3 nitrogen and oxygen atoms in total. The second-order valence-corrected chi connectivity index (χ2v) is 5.94. The van der Waals surface area contributed by atoms with Gasteiger partial charge in [-0.2, -0.15) is 0 Å². The fourth-order valence-corrected chi connectivity index (χ4v) is 3.66. The van der Waals surface area contributed by atoms with Crippen molar-refractivity contribution in [2.75, 3.05) is 17.9 Å². The van der Waals surface area contributed by atoms with Gasteiger partial charge in [0, 0.05) is 12.4 Å². The molecule has 1 heterocycles. The Morgan fingerprint density at radius 1 is 1.43 bits per heavy atom. The number of nitrogens with zero attached hydrogens (tertiary/aromatic N) is 1. The summed E-state index contributed by atoms with van der Waals surface area (Å²) in [5, 5.41) is 0. The van der Waals surface area contributed by atoms with E-state index in [1.807, 2.05) is 41.9 Å². The minimum absolute atomic E-state index is 0.0473. The van der Waals surface area contributed by atoms with Crippen molar-refractivity contribution in [3.8, 4) is 0 Å². The SMILES string of the molecule is CC1CN(c2ccccc2)P(C)(=O)O1. The zero-order valence-corrected chi connectivity index (χ0v) is 9.28. The molecular formula is C10H14NO2P. The first-order valence-electron chi connectivity index (χ1n) is 4.68. The highest BCUT2D eigenvalue weighted by atomic mass is 31.2. The van der Waals surface area contributed by atoms with Gasteiger partial charge in [-0.05, 0) is 19.1 Å². The van der Waals surface area contributed by atoms with Crippen molar-refractivity contribution >= 4 is 13.2 Å². The van der Waals surface area contributed by atoms with E-state index in [4.69, 9.17) is 4.52 Å². The summed E-state index contributed by atoms with van der Waals surface area (Å²) in [6.45, 7) is 4.32. The van der Waals surface area contributed by atoms with Crippen molar-refractivity contribution in [1.82, 2.24) is 0 Å². The van der Waals surface area contributed by atoms with E-state index < -0.39 is 7.52 Å². The molecule has 1 aliphatic heterocycles. The van der Waals surface area contributed by atoms with Gasteiger partial charge in [0.05, 0.1) is 12.6 Å². The highest BCUT2D eigenvalue weighted by Crippen LogP contribution is 2.54. The highest BCUT2D eigenvalue weighted by Gasteiger charge is 2.36. The topological polar surface area (TPSA) is 29.5 Å². The van der Waals surface area contributed by atoms with E-state index in [-0.39, 0.29) is 6.10 Å². The lowest BCUT2D eigenvalue weighted by molar-refractivity contribution is 0.268. The molecule has 1 saturated heterocycles. The second-order valence-electron chi connectivity index (χ2n) is 3.64. The molecule has 1 fully saturated rings. The molecule has 0 aromatic heterocycles. The predicted molar refractivity (Wildman–Crippen MR) is 57.9 cm³/mol. The molecule has 0 bridgehead atoms. The summed E-state index contributed by atoms with van der Waals surface area (Å²) >= 11 is 0. The van der Waals surface area contributed by atoms with Gasteiger partial charge in [0.1, 0.15) is 0 Å². The standard InChI is InChI=1S/C10H14NO2P/c1-9-8-11(14(2,12)13-9)10-6-4-3-5-7-10/h3-7,9H,8H2,1-2H3. The molecule has 0 N–H and O–H groups in total. The highest BCUT2D eigenvalue weighted by molar-refractivity contribution is 7.60. The summed E-state index contributed by atoms with van der Waals surface area (Å²) in [6, 6.07) is 9.75. The first-order chi connectivity index (χ1) is 6.59. The molecule has 0 saturated carbocycles. The van der Waals surface area contributed by atoms with Gasteiger partial charge in [-0.1, -0.05) is 18.2 Å². The molecule has 14 heavy (non-hydrogen) atoms. The van der Waals surface area contributed by atoms with Crippen molar-refractivity contribution in [2.24, 2.45) is 0 Å². The quantitative estimate of drug-likeness (QED) is 0.669. The molecule has 0 aliphatic carbocycles. The van der Waals surface area contributed by atoms with Crippen LogP contribution in [0.25, 0.3) is 0 Å². The molecule has 76 valence electrons. The number of hydrogen-bond donors (Lipinski definition) is 0. The molecule has 0 amide bonds. The predicted octanol–water partition coefficient (Wildman–Crippen LogP) is 2.73. The molecule has 1 aromatic carbocycles. The van der Waals surface area contributed by atoms with E-state index in [1.165, 1.54) is 0 Å². The van der Waals surface area contributed by atoms with Gasteiger partial charge in [0.15, 0.2) is 0 Å². The first kappa shape index (κ1) is 9.75. The van der Waals surface area contributed by atoms with Crippen LogP contribution < -0.4 is 4.67 Å². The summed E-state index contributed by atoms with van der Waals surface area (Å²) < 4.78 is 19.3. The first-order valence-corrected chi connectivity index (χ1v) is 6.71. The summed E-state index contributed by atoms with van der Waals surface area (Å²) in [5.41, 5.74) is 0.975. The van der Waals surface area contributed by atoms with Crippen LogP contribution in [0.15, 0.2) is 30.3 Å². The van der Waals surface area contributed by atoms with Crippen LogP contribution in [0.1, 0.15) is 6.92 Å². The van der Waals surface area contributed by atoms with Gasteiger partial charge >= 0.3 is 0 Å². The zero-order chi connectivity index (χ0) is 10.2. The van der Waals surface area contributed by atoms with Gasteiger partial charge in [0.2, 0.25) is 0 Å². The maximum atomic E-state index is 12.1. The minimum Gasteiger partial charge on any atom is -0.309 e. The molecule has 4 heteroatoms. The van der Waals surface area contributed by atoms with Crippen molar-refractivity contribution in [3.05, 3.63) is 30.3 Å². The van der Waals surface area contributed by atoms with E-state index in [1.54, 1.807) is 6.66 Å². The molecule has 0 spiro atoms. The fraction of sp³-hybridized carbons (Fsp3) is 0.400. The van der Waals surface area contributed by atoms with E-state index in [9.17, 15) is 4.57 Å². The van der Waals surface area contributed by atoms with Gasteiger partial charge in [-0.15, -0.1) is 0 Å². The Bertz CT molecular complexity index is 366. The van der Waals surface area contributed by atoms with Crippen LogP contribution in [-0.2, 0) is 9.09 Å². The van der Waals surface area contributed by atoms with Gasteiger partial charge in [-0.3, -0.25) is 9.24 Å². The fourth-order valence-electron chi connectivity index (χ4n) is 1.73. The molecule has 2 atom stereocenters. The van der Waals surface area contributed by atoms with Gasteiger partial charge in [-0.25, -0.2) is 0 Å². The Balaban J connectivity index is 2.32. The number of anilines is 1. The molecule has 0 radical (unpaired) electrons. The third-order valence-corrected chi connectivity index (χ3v) is 4.32. The van der Waals surface area contributed by atoms with Crippen molar-refractivity contribution in [1.29, 1.82) is 0 Å². The molecule has 1 aliphatic rings. The van der Waals surface area contributed by atoms with Crippen molar-refractivity contribution < 1.29 is 9.09 Å². The maximum absolute atomic E-state index is 12.1. The summed E-state index contributed by atoms with van der Waals surface area (Å²) in [6.07, 6.45) is 0.0473. The third kappa shape index (κ3) is 1.70. The minimum atomic E-state index is -2.60. The summed E-state index contributed by atoms with van der Waals surface area (Å²) in [7, 11) is -2.60. The maximum Gasteiger partial charge on any atom is 0.293 e. The Morgan fingerprint density at radius 2 is 2.07 bits per heavy atom. The third-order valence-electron chi connectivity index (χ3n) is 2.30. The molecule has 2 rings (SSSR count). The molecule has 2 unspecified atom stereocenters. The lowest BCUT2D eigenvalue weighted by Crippen LogP contribution is -2.17. The van der Waals surface area contributed by atoms with Crippen LogP contribution in [0.4, 0.5) is 5.69 Å². The number of para-hydroxylation sites is 1. The Hall–Kier alpha value is -0.790. The zero-order valence-electron chi connectivity index (χ0n) is 8.38. The van der Waals surface area contributed by atoms with E-state index >= 15 is 0 Å². The summed E-state index contributed by atoms with van der Waals surface area (Å²) in [4.78, 5) is 0. The van der Waals surface area contributed by atoms with Crippen LogP contribution in [0.2, 0.25) is 0 Å². The Kier molecular flexibility index (Phi) is 2.38. The summed E-state index contributed by atoms with van der Waals surface area (Å²) in [5.74, 6) is 0. The average Bonchev–Trinajstić information content (AvgIpc) is 2.41. The van der Waals surface area contributed by atoms with Gasteiger partial charge in [0.25, 0.3) is 7.52 Å². The Morgan fingerprint density at radius 3 is 2.57 bits per heavy atom. The van der Waals surface area contributed by atoms with Crippen LogP contribution >= 0.6 is 7.52 Å². The van der Waals surface area contributed by atoms with E-state index in [2.05, 4.69) is 0 Å². The smallest absolute Gasteiger partial charge is 0.293 e. The van der Waals surface area contributed by atoms with Crippen LogP contribution in [0, 0.1) is 0 Å². The van der Waals surface area contributed by atoms with Crippen LogP contribution in [0.3, 0.4) is 0 Å². The van der Waals surface area contributed by atoms with Crippen molar-refractivity contribution in [3.63, 3.8) is 0 Å². The lowest BCUT2D eigenvalue weighted by atomic mass is 10.3. The van der Waals surface area contributed by atoms with Crippen molar-refractivity contribution in [2.45, 2.75) is 13.0 Å². The average molecular weight is 211 g/mol. The molecular weight excluding hydrogens is 197 g/mol. The van der Waals surface area contributed by atoms with E-state index in [0.717, 1.165) is 5.69 Å². The van der Waals surface area contributed by atoms with Gasteiger partial charge < -0.3 is 4.52 Å². The second kappa shape index (κ2) is 3.41. The van der Waals surface area contributed by atoms with E-state index in [0.29, 0.717) is 6.54 Å². The van der Waals surface area contributed by atoms with Crippen LogP contribution in [-0.4, -0.2) is 19.3 Å². The largest absolute Gasteiger partial charge is 0.309 e. The normalized spacial score (nSPS) is 32.1. The Labute approximate surface area is 84.2 Å².